The van der Waals surface area contributed by atoms with E-state index in [9.17, 15) is 4.79 Å². The molecule has 2 unspecified atom stereocenters. The number of carbonyl (C=O) groups is 1. The van der Waals surface area contributed by atoms with E-state index < -0.39 is 6.09 Å². The van der Waals surface area contributed by atoms with Crippen molar-refractivity contribution in [2.24, 2.45) is 0 Å². The summed E-state index contributed by atoms with van der Waals surface area (Å²) in [6, 6.07) is 0.170. The molecule has 0 radical (unpaired) electrons. The van der Waals surface area contributed by atoms with Gasteiger partial charge in [-0.3, -0.25) is 0 Å². The molecule has 2 heterocycles. The van der Waals surface area contributed by atoms with Crippen LogP contribution in [-0.4, -0.2) is 51.2 Å². The van der Waals surface area contributed by atoms with Crippen molar-refractivity contribution >= 4 is 12.0 Å². The molecule has 108 valence electrons. The molecule has 2 fully saturated rings. The Kier molecular flexibility index (Phi) is 3.23. The fraction of sp³-hybridized carbons (Fsp3) is 0.643. The number of anilines is 1. The molecule has 0 aromatic carbocycles. The van der Waals surface area contributed by atoms with Gasteiger partial charge in [-0.1, -0.05) is 0 Å². The third-order valence-corrected chi connectivity index (χ3v) is 4.13. The largest absolute Gasteiger partial charge is 0.465 e. The van der Waals surface area contributed by atoms with Gasteiger partial charge in [-0.2, -0.15) is 0 Å². The summed E-state index contributed by atoms with van der Waals surface area (Å²) in [4.78, 5) is 23.6. The molecule has 3 rings (SSSR count). The standard InChI is InChI=1S/C14H20N4O2/c1-9-7-17(14(19)20)8-10(2)18(9)13-15-5-12(6-16-13)11-3-4-11/h5-6,9-11H,3-4,7-8H2,1-2H3,(H,19,20). The van der Waals surface area contributed by atoms with Crippen molar-refractivity contribution in [2.75, 3.05) is 18.0 Å². The Morgan fingerprint density at radius 2 is 1.75 bits per heavy atom. The van der Waals surface area contributed by atoms with Gasteiger partial charge in [0.15, 0.2) is 0 Å². The fourth-order valence-corrected chi connectivity index (χ4v) is 2.97. The number of hydrogen-bond acceptors (Lipinski definition) is 4. The predicted octanol–water partition coefficient (Wildman–Crippen LogP) is 1.93. The van der Waals surface area contributed by atoms with Crippen LogP contribution in [0.5, 0.6) is 0 Å². The molecule has 1 N–H and O–H groups in total. The van der Waals surface area contributed by atoms with Crippen LogP contribution in [0, 0.1) is 0 Å². The van der Waals surface area contributed by atoms with Crippen molar-refractivity contribution in [2.45, 2.75) is 44.7 Å². The molecule has 2 atom stereocenters. The predicted molar refractivity (Wildman–Crippen MR) is 75.0 cm³/mol. The van der Waals surface area contributed by atoms with Gasteiger partial charge in [0.25, 0.3) is 0 Å². The molecule has 6 heteroatoms. The van der Waals surface area contributed by atoms with Gasteiger partial charge in [0.2, 0.25) is 5.95 Å². The first-order chi connectivity index (χ1) is 9.56. The van der Waals surface area contributed by atoms with Gasteiger partial charge in [0.1, 0.15) is 0 Å². The van der Waals surface area contributed by atoms with Gasteiger partial charge in [-0.25, -0.2) is 14.8 Å². The Labute approximate surface area is 118 Å². The lowest BCUT2D eigenvalue weighted by Gasteiger charge is -2.43. The second-order valence-electron chi connectivity index (χ2n) is 5.88. The summed E-state index contributed by atoms with van der Waals surface area (Å²) in [5.74, 6) is 1.36. The van der Waals surface area contributed by atoms with Gasteiger partial charge in [0.05, 0.1) is 0 Å². The molecule has 20 heavy (non-hydrogen) atoms. The maximum atomic E-state index is 11.1. The van der Waals surface area contributed by atoms with Gasteiger partial charge < -0.3 is 14.9 Å². The van der Waals surface area contributed by atoms with Gasteiger partial charge in [0, 0.05) is 37.6 Å². The zero-order valence-electron chi connectivity index (χ0n) is 11.9. The molecule has 1 aromatic heterocycles. The molecule has 1 saturated heterocycles. The van der Waals surface area contributed by atoms with Crippen LogP contribution in [0.1, 0.15) is 38.2 Å². The van der Waals surface area contributed by atoms with Crippen LogP contribution in [0.2, 0.25) is 0 Å². The number of nitrogens with zero attached hydrogens (tertiary/aromatic N) is 4. The summed E-state index contributed by atoms with van der Waals surface area (Å²) in [5, 5.41) is 9.11. The topological polar surface area (TPSA) is 69.6 Å². The zero-order chi connectivity index (χ0) is 14.3. The maximum Gasteiger partial charge on any atom is 0.407 e. The molecule has 1 saturated carbocycles. The van der Waals surface area contributed by atoms with E-state index in [-0.39, 0.29) is 12.1 Å². The summed E-state index contributed by atoms with van der Waals surface area (Å²) >= 11 is 0. The van der Waals surface area contributed by atoms with E-state index in [1.165, 1.54) is 23.3 Å². The average Bonchev–Trinajstić information content (AvgIpc) is 3.23. The molecule has 1 amide bonds. The molecule has 6 nitrogen and oxygen atoms in total. The second-order valence-corrected chi connectivity index (χ2v) is 5.88. The highest BCUT2D eigenvalue weighted by atomic mass is 16.4. The Morgan fingerprint density at radius 3 is 2.20 bits per heavy atom. The zero-order valence-corrected chi connectivity index (χ0v) is 11.9. The minimum Gasteiger partial charge on any atom is -0.465 e. The van der Waals surface area contributed by atoms with Crippen LogP contribution in [0.15, 0.2) is 12.4 Å². The van der Waals surface area contributed by atoms with Gasteiger partial charge >= 0.3 is 6.09 Å². The van der Waals surface area contributed by atoms with Crippen molar-refractivity contribution in [3.05, 3.63) is 18.0 Å². The minimum atomic E-state index is -0.853. The van der Waals surface area contributed by atoms with E-state index in [2.05, 4.69) is 14.9 Å². The number of aromatic nitrogens is 2. The third kappa shape index (κ3) is 2.42. The SMILES string of the molecule is CC1CN(C(=O)O)CC(C)N1c1ncc(C2CC2)cn1. The van der Waals surface area contributed by atoms with Crippen LogP contribution >= 0.6 is 0 Å². The number of amides is 1. The summed E-state index contributed by atoms with van der Waals surface area (Å²) in [7, 11) is 0. The summed E-state index contributed by atoms with van der Waals surface area (Å²) in [6.45, 7) is 5.02. The van der Waals surface area contributed by atoms with E-state index in [0.717, 1.165) is 0 Å². The molecule has 2 aliphatic rings. The lowest BCUT2D eigenvalue weighted by Crippen LogP contribution is -2.58. The van der Waals surface area contributed by atoms with Crippen LogP contribution in [0.25, 0.3) is 0 Å². The molecule has 1 aliphatic carbocycles. The number of piperazine rings is 1. The molecule has 0 bridgehead atoms. The first kappa shape index (κ1) is 13.1. The lowest BCUT2D eigenvalue weighted by molar-refractivity contribution is 0.128. The first-order valence-electron chi connectivity index (χ1n) is 7.14. The highest BCUT2D eigenvalue weighted by Crippen LogP contribution is 2.39. The third-order valence-electron chi connectivity index (χ3n) is 4.13. The second kappa shape index (κ2) is 4.92. The summed E-state index contributed by atoms with van der Waals surface area (Å²) in [5.41, 5.74) is 1.22. The monoisotopic (exact) mass is 276 g/mol. The Morgan fingerprint density at radius 1 is 1.20 bits per heavy atom. The van der Waals surface area contributed by atoms with E-state index in [4.69, 9.17) is 5.11 Å². The van der Waals surface area contributed by atoms with Crippen molar-refractivity contribution in [1.29, 1.82) is 0 Å². The summed E-state index contributed by atoms with van der Waals surface area (Å²) < 4.78 is 0. The normalized spacial score (nSPS) is 26.7. The van der Waals surface area contributed by atoms with Crippen LogP contribution in [0.3, 0.4) is 0 Å². The van der Waals surface area contributed by atoms with E-state index in [1.807, 2.05) is 26.2 Å². The highest BCUT2D eigenvalue weighted by Gasteiger charge is 2.33. The Hall–Kier alpha value is -1.85. The van der Waals surface area contributed by atoms with Crippen molar-refractivity contribution in [1.82, 2.24) is 14.9 Å². The molecule has 1 aliphatic heterocycles. The van der Waals surface area contributed by atoms with Crippen LogP contribution in [0.4, 0.5) is 10.7 Å². The molecular weight excluding hydrogens is 256 g/mol. The van der Waals surface area contributed by atoms with E-state index >= 15 is 0 Å². The summed E-state index contributed by atoms with van der Waals surface area (Å²) in [6.07, 6.45) is 5.47. The highest BCUT2D eigenvalue weighted by molar-refractivity contribution is 5.65. The smallest absolute Gasteiger partial charge is 0.407 e. The maximum absolute atomic E-state index is 11.1. The molecule has 1 aromatic rings. The number of hydrogen-bond donors (Lipinski definition) is 1. The first-order valence-corrected chi connectivity index (χ1v) is 7.14. The van der Waals surface area contributed by atoms with Crippen molar-refractivity contribution in [3.63, 3.8) is 0 Å². The van der Waals surface area contributed by atoms with Crippen LogP contribution < -0.4 is 4.90 Å². The lowest BCUT2D eigenvalue weighted by atomic mass is 10.1. The van der Waals surface area contributed by atoms with Crippen LogP contribution in [-0.2, 0) is 0 Å². The number of rotatable bonds is 2. The fourth-order valence-electron chi connectivity index (χ4n) is 2.97. The number of carboxylic acid groups (broad SMARTS) is 1. The Balaban J connectivity index is 1.76. The Bertz CT molecular complexity index is 488. The van der Waals surface area contributed by atoms with E-state index in [0.29, 0.717) is 25.0 Å². The molecule has 0 spiro atoms. The minimum absolute atomic E-state index is 0.0848. The molecular formula is C14H20N4O2. The van der Waals surface area contributed by atoms with Crippen molar-refractivity contribution < 1.29 is 9.90 Å². The van der Waals surface area contributed by atoms with Crippen molar-refractivity contribution in [3.8, 4) is 0 Å². The average molecular weight is 276 g/mol. The van der Waals surface area contributed by atoms with Gasteiger partial charge in [-0.05, 0) is 38.2 Å². The van der Waals surface area contributed by atoms with E-state index in [1.54, 1.807) is 0 Å². The quantitative estimate of drug-likeness (QED) is 0.893. The van der Waals surface area contributed by atoms with Gasteiger partial charge in [-0.15, -0.1) is 0 Å².